The average Bonchev–Trinajstić information content (AvgIpc) is 3.23. The molecule has 38 heavy (non-hydrogen) atoms. The highest BCUT2D eigenvalue weighted by atomic mass is 16.6. The van der Waals surface area contributed by atoms with E-state index in [1.54, 1.807) is 32.3 Å². The van der Waals surface area contributed by atoms with E-state index in [1.807, 2.05) is 0 Å². The lowest BCUT2D eigenvalue weighted by Gasteiger charge is -2.37. The number of benzene rings is 1. The Morgan fingerprint density at radius 3 is 2.71 bits per heavy atom. The number of methoxy groups -OCH3 is 1. The molecule has 0 amide bonds. The van der Waals surface area contributed by atoms with Gasteiger partial charge in [-0.25, -0.2) is 9.48 Å². The van der Waals surface area contributed by atoms with E-state index in [-0.39, 0.29) is 28.4 Å². The number of pyridine rings is 1. The Kier molecular flexibility index (Phi) is 8.38. The number of carbonyl (C=O) groups excluding carboxylic acids is 1. The lowest BCUT2D eigenvalue weighted by molar-refractivity contribution is -0.384. The van der Waals surface area contributed by atoms with Crippen LogP contribution in [-0.4, -0.2) is 82.7 Å². The van der Waals surface area contributed by atoms with E-state index >= 15 is 0 Å². The molecule has 4 rings (SSSR count). The summed E-state index contributed by atoms with van der Waals surface area (Å²) in [5.41, 5.74) is 1.17. The number of esters is 1. The lowest BCUT2D eigenvalue weighted by Crippen LogP contribution is -2.51. The van der Waals surface area contributed by atoms with Gasteiger partial charge in [-0.05, 0) is 12.1 Å². The second kappa shape index (κ2) is 11.9. The highest BCUT2D eigenvalue weighted by molar-refractivity contribution is 5.90. The second-order valence-corrected chi connectivity index (χ2v) is 8.81. The van der Waals surface area contributed by atoms with Gasteiger partial charge in [0.25, 0.3) is 11.2 Å². The fourth-order valence-corrected chi connectivity index (χ4v) is 4.20. The summed E-state index contributed by atoms with van der Waals surface area (Å²) in [6.45, 7) is 3.15. The number of para-hydroxylation sites is 2. The molecule has 1 aromatic carbocycles. The minimum Gasteiger partial charge on any atom is -0.476 e. The molecule has 1 N–H and O–H groups in total. The Bertz CT molecular complexity index is 1360. The van der Waals surface area contributed by atoms with E-state index in [9.17, 15) is 19.7 Å². The first-order valence-electron chi connectivity index (χ1n) is 12.0. The Hall–Kier alpha value is -4.23. The average molecular weight is 527 g/mol. The number of ether oxygens (including phenoxy) is 3. The Morgan fingerprint density at radius 1 is 1.26 bits per heavy atom. The van der Waals surface area contributed by atoms with E-state index < -0.39 is 10.9 Å². The summed E-state index contributed by atoms with van der Waals surface area (Å²) in [5, 5.41) is 18.7. The quantitative estimate of drug-likeness (QED) is 0.210. The van der Waals surface area contributed by atoms with Crippen molar-refractivity contribution in [3.05, 3.63) is 68.8 Å². The SMILES string of the molecule is COC(=O)c1cc(-c2cnn(C)c2OCCN(CCNc2ccccc2[N+](=O)[O-])C2COC2)c(=O)n(C)c1. The van der Waals surface area contributed by atoms with Crippen LogP contribution in [0.15, 0.2) is 47.5 Å². The summed E-state index contributed by atoms with van der Waals surface area (Å²) < 4.78 is 19.1. The minimum absolute atomic E-state index is 0.0282. The number of nitrogens with zero attached hydrogens (tertiary/aromatic N) is 5. The van der Waals surface area contributed by atoms with Crippen molar-refractivity contribution in [3.63, 3.8) is 0 Å². The van der Waals surface area contributed by atoms with Crippen LogP contribution in [0, 0.1) is 10.1 Å². The van der Waals surface area contributed by atoms with Gasteiger partial charge in [0.1, 0.15) is 12.3 Å². The zero-order chi connectivity index (χ0) is 27.2. The predicted octanol–water partition coefficient (Wildman–Crippen LogP) is 1.67. The fourth-order valence-electron chi connectivity index (χ4n) is 4.20. The van der Waals surface area contributed by atoms with Crippen molar-refractivity contribution in [1.82, 2.24) is 19.2 Å². The van der Waals surface area contributed by atoms with E-state index in [1.165, 1.54) is 40.9 Å². The molecule has 0 spiro atoms. The Balaban J connectivity index is 1.43. The molecule has 3 aromatic rings. The number of rotatable bonds is 12. The molecule has 1 aliphatic rings. The monoisotopic (exact) mass is 526 g/mol. The van der Waals surface area contributed by atoms with Gasteiger partial charge in [0.05, 0.1) is 54.2 Å². The summed E-state index contributed by atoms with van der Waals surface area (Å²) >= 11 is 0. The molecule has 3 heterocycles. The maximum atomic E-state index is 12.9. The van der Waals surface area contributed by atoms with Crippen LogP contribution in [0.1, 0.15) is 10.4 Å². The van der Waals surface area contributed by atoms with Crippen molar-refractivity contribution < 1.29 is 23.9 Å². The summed E-state index contributed by atoms with van der Waals surface area (Å²) in [4.78, 5) is 38.0. The molecule has 13 heteroatoms. The molecular weight excluding hydrogens is 496 g/mol. The Labute approximate surface area is 218 Å². The third kappa shape index (κ3) is 5.84. The maximum Gasteiger partial charge on any atom is 0.339 e. The van der Waals surface area contributed by atoms with Crippen molar-refractivity contribution >= 4 is 17.3 Å². The maximum absolute atomic E-state index is 12.9. The molecule has 202 valence electrons. The van der Waals surface area contributed by atoms with Gasteiger partial charge in [0, 0.05) is 46.0 Å². The van der Waals surface area contributed by atoms with Crippen molar-refractivity contribution in [2.24, 2.45) is 14.1 Å². The van der Waals surface area contributed by atoms with Gasteiger partial charge in [-0.15, -0.1) is 0 Å². The van der Waals surface area contributed by atoms with Gasteiger partial charge in [0.2, 0.25) is 5.88 Å². The zero-order valence-corrected chi connectivity index (χ0v) is 21.5. The molecule has 0 saturated carbocycles. The number of aryl methyl sites for hydroxylation is 2. The van der Waals surface area contributed by atoms with Crippen molar-refractivity contribution in [1.29, 1.82) is 0 Å². The van der Waals surface area contributed by atoms with Crippen LogP contribution in [0.5, 0.6) is 5.88 Å². The molecule has 13 nitrogen and oxygen atoms in total. The third-order valence-corrected chi connectivity index (χ3v) is 6.35. The highest BCUT2D eigenvalue weighted by Gasteiger charge is 2.26. The first-order valence-corrected chi connectivity index (χ1v) is 12.0. The van der Waals surface area contributed by atoms with Gasteiger partial charge >= 0.3 is 5.97 Å². The van der Waals surface area contributed by atoms with Crippen LogP contribution >= 0.6 is 0 Å². The zero-order valence-electron chi connectivity index (χ0n) is 21.5. The lowest BCUT2D eigenvalue weighted by atomic mass is 10.1. The predicted molar refractivity (Wildman–Crippen MR) is 138 cm³/mol. The number of anilines is 1. The summed E-state index contributed by atoms with van der Waals surface area (Å²) in [6, 6.07) is 8.22. The molecule has 0 atom stereocenters. The van der Waals surface area contributed by atoms with Crippen LogP contribution < -0.4 is 15.6 Å². The summed E-state index contributed by atoms with van der Waals surface area (Å²) in [6.07, 6.45) is 2.95. The van der Waals surface area contributed by atoms with Gasteiger partial charge in [-0.3, -0.25) is 19.8 Å². The van der Waals surface area contributed by atoms with Crippen molar-refractivity contribution in [2.45, 2.75) is 6.04 Å². The molecule has 1 fully saturated rings. The standard InChI is InChI=1S/C25H30N6O7/c1-28-14-17(25(33)36-3)12-19(23(28)32)20-13-27-29(2)24(20)38-11-10-30(18-15-37-16-18)9-8-26-21-6-4-5-7-22(21)31(34)35/h4-7,12-14,18,26H,8-11,15-16H2,1-3H3. The second-order valence-electron chi connectivity index (χ2n) is 8.81. The smallest absolute Gasteiger partial charge is 0.339 e. The number of nitro benzene ring substituents is 1. The summed E-state index contributed by atoms with van der Waals surface area (Å²) in [7, 11) is 4.55. The van der Waals surface area contributed by atoms with Crippen LogP contribution in [0.3, 0.4) is 0 Å². The molecule has 1 saturated heterocycles. The van der Waals surface area contributed by atoms with E-state index in [0.29, 0.717) is 56.6 Å². The van der Waals surface area contributed by atoms with Crippen LogP contribution in [0.2, 0.25) is 0 Å². The molecule has 0 aliphatic carbocycles. The largest absolute Gasteiger partial charge is 0.476 e. The van der Waals surface area contributed by atoms with Gasteiger partial charge in [-0.1, -0.05) is 12.1 Å². The fraction of sp³-hybridized carbons (Fsp3) is 0.400. The van der Waals surface area contributed by atoms with E-state index in [2.05, 4.69) is 15.3 Å². The number of nitro groups is 1. The van der Waals surface area contributed by atoms with E-state index in [4.69, 9.17) is 14.2 Å². The number of hydrogen-bond donors (Lipinski definition) is 1. The number of aromatic nitrogens is 3. The van der Waals surface area contributed by atoms with Crippen LogP contribution in [0.25, 0.3) is 11.1 Å². The number of carbonyl (C=O) groups is 1. The topological polar surface area (TPSA) is 143 Å². The molecule has 0 bridgehead atoms. The molecule has 0 radical (unpaired) electrons. The number of nitrogens with one attached hydrogen (secondary N) is 1. The molecular formula is C25H30N6O7. The van der Waals surface area contributed by atoms with Gasteiger partial charge < -0.3 is 24.1 Å². The molecule has 1 aliphatic heterocycles. The first kappa shape index (κ1) is 26.8. The van der Waals surface area contributed by atoms with Crippen LogP contribution in [0.4, 0.5) is 11.4 Å². The van der Waals surface area contributed by atoms with Gasteiger partial charge in [-0.2, -0.15) is 5.10 Å². The summed E-state index contributed by atoms with van der Waals surface area (Å²) in [5.74, 6) is -0.159. The number of hydrogen-bond acceptors (Lipinski definition) is 10. The minimum atomic E-state index is -0.555. The molecule has 0 unspecified atom stereocenters. The normalized spacial score (nSPS) is 13.3. The van der Waals surface area contributed by atoms with Crippen molar-refractivity contribution in [3.8, 4) is 17.0 Å². The molecule has 2 aromatic heterocycles. The van der Waals surface area contributed by atoms with Crippen LogP contribution in [-0.2, 0) is 23.6 Å². The Morgan fingerprint density at radius 2 is 2.03 bits per heavy atom. The van der Waals surface area contributed by atoms with Crippen molar-refractivity contribution in [2.75, 3.05) is 51.9 Å². The third-order valence-electron chi connectivity index (χ3n) is 6.35. The van der Waals surface area contributed by atoms with Gasteiger partial charge in [0.15, 0.2) is 0 Å². The first-order chi connectivity index (χ1) is 18.3. The van der Waals surface area contributed by atoms with E-state index in [0.717, 1.165) is 0 Å². The highest BCUT2D eigenvalue weighted by Crippen LogP contribution is 2.28.